The fourth-order valence-corrected chi connectivity index (χ4v) is 2.75. The van der Waals surface area contributed by atoms with Crippen molar-refractivity contribution >= 4 is 5.69 Å². The Morgan fingerprint density at radius 1 is 0.952 bits per heavy atom. The van der Waals surface area contributed by atoms with Crippen LogP contribution in [-0.4, -0.2) is 42.7 Å². The first-order valence-electron chi connectivity index (χ1n) is 8.42. The van der Waals surface area contributed by atoms with E-state index in [1.165, 1.54) is 5.69 Å². The van der Waals surface area contributed by atoms with Gasteiger partial charge in [0.1, 0.15) is 0 Å². The zero-order chi connectivity index (χ0) is 15.7. The second-order valence-corrected chi connectivity index (χ2v) is 5.44. The Bertz CT molecular complexity index is 391. The summed E-state index contributed by atoms with van der Waals surface area (Å²) in [4.78, 5) is 4.85. The van der Waals surface area contributed by atoms with Gasteiger partial charge in [0, 0.05) is 24.3 Å². The SMILES string of the molecule is CCC(O)c1ccccc1N(CC)CCCN(CC)CC. The molecular formula is C18H32N2O. The van der Waals surface area contributed by atoms with Crippen LogP contribution in [0.25, 0.3) is 0 Å². The Kier molecular flexibility index (Phi) is 8.40. The standard InChI is InChI=1S/C18H32N2O/c1-5-18(21)16-12-9-10-13-17(16)20(8-4)15-11-14-19(6-2)7-3/h9-10,12-13,18,21H,5-8,11,14-15H2,1-4H3. The number of hydrogen-bond acceptors (Lipinski definition) is 3. The molecule has 0 spiro atoms. The van der Waals surface area contributed by atoms with Gasteiger partial charge in [-0.05, 0) is 45.5 Å². The summed E-state index contributed by atoms with van der Waals surface area (Å²) >= 11 is 0. The lowest BCUT2D eigenvalue weighted by molar-refractivity contribution is 0.174. The fourth-order valence-electron chi connectivity index (χ4n) is 2.75. The smallest absolute Gasteiger partial charge is 0.0807 e. The van der Waals surface area contributed by atoms with Crippen LogP contribution in [-0.2, 0) is 0 Å². The minimum absolute atomic E-state index is 0.363. The molecule has 0 amide bonds. The minimum atomic E-state index is -0.363. The molecule has 0 fully saturated rings. The summed E-state index contributed by atoms with van der Waals surface area (Å²) in [5.41, 5.74) is 2.25. The van der Waals surface area contributed by atoms with Crippen molar-refractivity contribution in [3.8, 4) is 0 Å². The number of anilines is 1. The monoisotopic (exact) mass is 292 g/mol. The van der Waals surface area contributed by atoms with Crippen molar-refractivity contribution in [2.24, 2.45) is 0 Å². The van der Waals surface area contributed by atoms with Crippen molar-refractivity contribution in [3.05, 3.63) is 29.8 Å². The van der Waals surface area contributed by atoms with Gasteiger partial charge < -0.3 is 14.9 Å². The first-order chi connectivity index (χ1) is 10.2. The summed E-state index contributed by atoms with van der Waals surface area (Å²) in [6.45, 7) is 14.0. The molecule has 0 aliphatic heterocycles. The Hall–Kier alpha value is -1.06. The number of aliphatic hydroxyl groups excluding tert-OH is 1. The average molecular weight is 292 g/mol. The summed E-state index contributed by atoms with van der Waals surface area (Å²) in [6, 6.07) is 8.27. The van der Waals surface area contributed by atoms with E-state index < -0.39 is 0 Å². The maximum atomic E-state index is 10.2. The summed E-state index contributed by atoms with van der Waals surface area (Å²) in [5, 5.41) is 10.2. The quantitative estimate of drug-likeness (QED) is 0.712. The Morgan fingerprint density at radius 2 is 1.62 bits per heavy atom. The molecule has 0 aliphatic carbocycles. The molecule has 1 atom stereocenters. The van der Waals surface area contributed by atoms with E-state index in [-0.39, 0.29) is 6.10 Å². The van der Waals surface area contributed by atoms with Gasteiger partial charge in [0.25, 0.3) is 0 Å². The van der Waals surface area contributed by atoms with Gasteiger partial charge >= 0.3 is 0 Å². The van der Waals surface area contributed by atoms with Crippen molar-refractivity contribution in [2.45, 2.75) is 46.6 Å². The average Bonchev–Trinajstić information content (AvgIpc) is 2.54. The van der Waals surface area contributed by atoms with Gasteiger partial charge in [0.15, 0.2) is 0 Å². The normalized spacial score (nSPS) is 12.7. The summed E-state index contributed by atoms with van der Waals surface area (Å²) in [7, 11) is 0. The third-order valence-electron chi connectivity index (χ3n) is 4.20. The van der Waals surface area contributed by atoms with Gasteiger partial charge in [-0.15, -0.1) is 0 Å². The van der Waals surface area contributed by atoms with Gasteiger partial charge in [-0.1, -0.05) is 39.0 Å². The fraction of sp³-hybridized carbons (Fsp3) is 0.667. The molecule has 1 rings (SSSR count). The third kappa shape index (κ3) is 5.33. The molecule has 0 saturated carbocycles. The maximum absolute atomic E-state index is 10.2. The molecule has 0 saturated heterocycles. The summed E-state index contributed by atoms with van der Waals surface area (Å²) < 4.78 is 0. The van der Waals surface area contributed by atoms with Crippen LogP contribution in [0.15, 0.2) is 24.3 Å². The van der Waals surface area contributed by atoms with E-state index in [9.17, 15) is 5.11 Å². The Labute approximate surface area is 130 Å². The zero-order valence-corrected chi connectivity index (χ0v) is 14.2. The Morgan fingerprint density at radius 3 is 2.19 bits per heavy atom. The lowest BCUT2D eigenvalue weighted by Gasteiger charge is -2.28. The molecule has 0 aliphatic rings. The maximum Gasteiger partial charge on any atom is 0.0807 e. The number of para-hydroxylation sites is 1. The van der Waals surface area contributed by atoms with Gasteiger partial charge in [0.05, 0.1) is 6.10 Å². The second-order valence-electron chi connectivity index (χ2n) is 5.44. The highest BCUT2D eigenvalue weighted by atomic mass is 16.3. The summed E-state index contributed by atoms with van der Waals surface area (Å²) in [5.74, 6) is 0. The topological polar surface area (TPSA) is 26.7 Å². The molecule has 1 unspecified atom stereocenters. The van der Waals surface area contributed by atoms with Crippen LogP contribution in [0.1, 0.15) is 52.2 Å². The number of benzene rings is 1. The predicted octanol–water partition coefficient (Wildman–Crippen LogP) is 3.69. The van der Waals surface area contributed by atoms with E-state index in [0.717, 1.165) is 51.1 Å². The minimum Gasteiger partial charge on any atom is -0.388 e. The third-order valence-corrected chi connectivity index (χ3v) is 4.20. The van der Waals surface area contributed by atoms with Gasteiger partial charge in [0.2, 0.25) is 0 Å². The molecule has 3 nitrogen and oxygen atoms in total. The number of hydrogen-bond donors (Lipinski definition) is 1. The number of aliphatic hydroxyl groups is 1. The first-order valence-corrected chi connectivity index (χ1v) is 8.42. The van der Waals surface area contributed by atoms with Crippen LogP contribution in [0.4, 0.5) is 5.69 Å². The van der Waals surface area contributed by atoms with Crippen molar-refractivity contribution in [1.82, 2.24) is 4.90 Å². The highest BCUT2D eigenvalue weighted by molar-refractivity contribution is 5.54. The second kappa shape index (κ2) is 9.80. The number of rotatable bonds is 10. The van der Waals surface area contributed by atoms with Crippen LogP contribution in [0.2, 0.25) is 0 Å². The zero-order valence-electron chi connectivity index (χ0n) is 14.2. The van der Waals surface area contributed by atoms with Crippen LogP contribution in [0.3, 0.4) is 0 Å². The van der Waals surface area contributed by atoms with E-state index in [1.807, 2.05) is 13.0 Å². The molecule has 0 heterocycles. The van der Waals surface area contributed by atoms with Crippen LogP contribution < -0.4 is 4.90 Å². The lowest BCUT2D eigenvalue weighted by atomic mass is 10.0. The molecule has 0 radical (unpaired) electrons. The van der Waals surface area contributed by atoms with Gasteiger partial charge in [-0.2, -0.15) is 0 Å². The van der Waals surface area contributed by atoms with Crippen LogP contribution >= 0.6 is 0 Å². The predicted molar refractivity (Wildman–Crippen MR) is 92.0 cm³/mol. The molecule has 1 aromatic rings. The first kappa shape index (κ1) is 18.0. The molecule has 0 bridgehead atoms. The lowest BCUT2D eigenvalue weighted by Crippen LogP contribution is -2.30. The molecule has 120 valence electrons. The van der Waals surface area contributed by atoms with Crippen LogP contribution in [0.5, 0.6) is 0 Å². The van der Waals surface area contributed by atoms with Crippen molar-refractivity contribution in [3.63, 3.8) is 0 Å². The Balaban J connectivity index is 2.72. The van der Waals surface area contributed by atoms with E-state index in [2.05, 4.69) is 48.8 Å². The molecule has 3 heteroatoms. The molecule has 1 aromatic carbocycles. The number of nitrogens with zero attached hydrogens (tertiary/aromatic N) is 2. The van der Waals surface area contributed by atoms with Crippen LogP contribution in [0, 0.1) is 0 Å². The highest BCUT2D eigenvalue weighted by Crippen LogP contribution is 2.28. The van der Waals surface area contributed by atoms with E-state index in [4.69, 9.17) is 0 Å². The molecule has 0 aromatic heterocycles. The van der Waals surface area contributed by atoms with E-state index in [0.29, 0.717) is 0 Å². The molecule has 21 heavy (non-hydrogen) atoms. The van der Waals surface area contributed by atoms with Crippen molar-refractivity contribution in [1.29, 1.82) is 0 Å². The molecular weight excluding hydrogens is 260 g/mol. The highest BCUT2D eigenvalue weighted by Gasteiger charge is 2.14. The molecule has 1 N–H and O–H groups in total. The van der Waals surface area contributed by atoms with Crippen molar-refractivity contribution in [2.75, 3.05) is 37.6 Å². The van der Waals surface area contributed by atoms with E-state index in [1.54, 1.807) is 0 Å². The largest absolute Gasteiger partial charge is 0.388 e. The van der Waals surface area contributed by atoms with Gasteiger partial charge in [-0.3, -0.25) is 0 Å². The van der Waals surface area contributed by atoms with E-state index >= 15 is 0 Å². The van der Waals surface area contributed by atoms with Gasteiger partial charge in [-0.25, -0.2) is 0 Å². The summed E-state index contributed by atoms with van der Waals surface area (Å²) in [6.07, 6.45) is 1.55. The van der Waals surface area contributed by atoms with Crippen molar-refractivity contribution < 1.29 is 5.11 Å².